The number of benzene rings is 1. The number of nitrogens with two attached hydrogens (primary N) is 1. The van der Waals surface area contributed by atoms with Crippen LogP contribution < -0.4 is 10.5 Å². The molecule has 2 atom stereocenters. The quantitative estimate of drug-likeness (QED) is 0.829. The molecular formula is C14H22N2O3S. The van der Waals surface area contributed by atoms with Crippen LogP contribution in [-0.2, 0) is 14.8 Å². The molecule has 1 aromatic rings. The maximum Gasteiger partial charge on any atom is 0.241 e. The Morgan fingerprint density at radius 1 is 1.40 bits per heavy atom. The van der Waals surface area contributed by atoms with E-state index in [1.54, 1.807) is 32.2 Å². The van der Waals surface area contributed by atoms with Crippen LogP contribution in [0.15, 0.2) is 23.1 Å². The first kappa shape index (κ1) is 15.3. The third-order valence-electron chi connectivity index (χ3n) is 4.25. The van der Waals surface area contributed by atoms with E-state index in [1.165, 1.54) is 0 Å². The van der Waals surface area contributed by atoms with Crippen LogP contribution in [0.4, 0.5) is 5.69 Å². The molecule has 0 aliphatic heterocycles. The minimum atomic E-state index is -3.53. The van der Waals surface area contributed by atoms with Gasteiger partial charge >= 0.3 is 0 Å². The van der Waals surface area contributed by atoms with E-state index in [0.29, 0.717) is 17.7 Å². The van der Waals surface area contributed by atoms with E-state index < -0.39 is 10.0 Å². The fourth-order valence-electron chi connectivity index (χ4n) is 2.71. The van der Waals surface area contributed by atoms with Crippen LogP contribution in [0.1, 0.15) is 25.8 Å². The van der Waals surface area contributed by atoms with Gasteiger partial charge in [-0.25, -0.2) is 13.1 Å². The van der Waals surface area contributed by atoms with Gasteiger partial charge in [-0.15, -0.1) is 0 Å². The minimum absolute atomic E-state index is 0.0858. The zero-order valence-corrected chi connectivity index (χ0v) is 13.1. The summed E-state index contributed by atoms with van der Waals surface area (Å²) in [6, 6.07) is 4.70. The average molecular weight is 298 g/mol. The van der Waals surface area contributed by atoms with Gasteiger partial charge in [-0.05, 0) is 37.1 Å². The van der Waals surface area contributed by atoms with E-state index in [4.69, 9.17) is 10.5 Å². The van der Waals surface area contributed by atoms with E-state index in [2.05, 4.69) is 4.72 Å². The van der Waals surface area contributed by atoms with Gasteiger partial charge in [-0.1, -0.05) is 13.8 Å². The number of ether oxygens (including phenoxy) is 1. The van der Waals surface area contributed by atoms with Crippen molar-refractivity contribution in [1.29, 1.82) is 0 Å². The predicted molar refractivity (Wildman–Crippen MR) is 78.9 cm³/mol. The van der Waals surface area contributed by atoms with Crippen LogP contribution in [0.3, 0.4) is 0 Å². The summed E-state index contributed by atoms with van der Waals surface area (Å²) in [6.07, 6.45) is 0.777. The highest BCUT2D eigenvalue weighted by atomic mass is 32.2. The summed E-state index contributed by atoms with van der Waals surface area (Å²) >= 11 is 0. The Hall–Kier alpha value is -1.11. The first-order valence-corrected chi connectivity index (χ1v) is 8.08. The normalized spacial score (nSPS) is 25.2. The molecule has 112 valence electrons. The summed E-state index contributed by atoms with van der Waals surface area (Å²) in [5.41, 5.74) is 6.66. The standard InChI is InChI=1S/C14H22N2O3S/c1-9-7-10(15)5-6-11(9)20(17,18)16-12-8-13(19-4)14(12,2)3/h5-7,12-13,16H,8,15H2,1-4H3. The van der Waals surface area contributed by atoms with E-state index in [-0.39, 0.29) is 22.5 Å². The lowest BCUT2D eigenvalue weighted by atomic mass is 9.65. The van der Waals surface area contributed by atoms with Crippen molar-refractivity contribution >= 4 is 15.7 Å². The number of sulfonamides is 1. The van der Waals surface area contributed by atoms with Gasteiger partial charge in [-0.3, -0.25) is 0 Å². The zero-order chi connectivity index (χ0) is 15.1. The Balaban J connectivity index is 2.21. The van der Waals surface area contributed by atoms with Crippen molar-refractivity contribution in [2.45, 2.75) is 44.2 Å². The second kappa shape index (κ2) is 5.02. The van der Waals surface area contributed by atoms with Gasteiger partial charge in [0.1, 0.15) is 0 Å². The molecule has 2 rings (SSSR count). The number of anilines is 1. The number of hydrogen-bond acceptors (Lipinski definition) is 4. The fourth-order valence-corrected chi connectivity index (χ4v) is 4.34. The second-order valence-corrected chi connectivity index (χ2v) is 7.66. The van der Waals surface area contributed by atoms with Crippen molar-refractivity contribution in [3.05, 3.63) is 23.8 Å². The molecule has 1 aromatic carbocycles. The first-order chi connectivity index (χ1) is 9.18. The molecular weight excluding hydrogens is 276 g/mol. The third-order valence-corrected chi connectivity index (χ3v) is 5.88. The van der Waals surface area contributed by atoms with Gasteiger partial charge in [-0.2, -0.15) is 0 Å². The van der Waals surface area contributed by atoms with Crippen LogP contribution in [-0.4, -0.2) is 27.7 Å². The van der Waals surface area contributed by atoms with E-state index in [0.717, 1.165) is 0 Å². The van der Waals surface area contributed by atoms with Gasteiger partial charge in [0.15, 0.2) is 0 Å². The van der Waals surface area contributed by atoms with Crippen molar-refractivity contribution in [3.8, 4) is 0 Å². The van der Waals surface area contributed by atoms with Crippen molar-refractivity contribution in [2.75, 3.05) is 12.8 Å². The summed E-state index contributed by atoms with van der Waals surface area (Å²) in [5, 5.41) is 0. The van der Waals surface area contributed by atoms with Crippen LogP contribution in [0, 0.1) is 12.3 Å². The highest BCUT2D eigenvalue weighted by Crippen LogP contribution is 2.43. The molecule has 20 heavy (non-hydrogen) atoms. The van der Waals surface area contributed by atoms with Crippen molar-refractivity contribution in [2.24, 2.45) is 5.41 Å². The van der Waals surface area contributed by atoms with Crippen LogP contribution in [0.25, 0.3) is 0 Å². The highest BCUT2D eigenvalue weighted by molar-refractivity contribution is 7.89. The number of hydrogen-bond donors (Lipinski definition) is 2. The molecule has 2 unspecified atom stereocenters. The molecule has 0 saturated heterocycles. The molecule has 0 aromatic heterocycles. The predicted octanol–water partition coefficient (Wildman–Crippen LogP) is 1.67. The number of methoxy groups -OCH3 is 1. The Morgan fingerprint density at radius 3 is 2.55 bits per heavy atom. The lowest BCUT2D eigenvalue weighted by Crippen LogP contribution is -2.61. The molecule has 0 bridgehead atoms. The van der Waals surface area contributed by atoms with Crippen LogP contribution >= 0.6 is 0 Å². The van der Waals surface area contributed by atoms with Crippen molar-refractivity contribution in [1.82, 2.24) is 4.72 Å². The summed E-state index contributed by atoms with van der Waals surface area (Å²) < 4.78 is 33.0. The Bertz CT molecular complexity index is 611. The Kier molecular flexibility index (Phi) is 3.83. The number of aryl methyl sites for hydroxylation is 1. The molecule has 0 heterocycles. The molecule has 3 N–H and O–H groups in total. The van der Waals surface area contributed by atoms with E-state index in [9.17, 15) is 8.42 Å². The SMILES string of the molecule is COC1CC(NS(=O)(=O)c2ccc(N)cc2C)C1(C)C. The molecule has 1 aliphatic rings. The first-order valence-electron chi connectivity index (χ1n) is 6.59. The monoisotopic (exact) mass is 298 g/mol. The summed E-state index contributed by atoms with van der Waals surface area (Å²) in [6.45, 7) is 5.76. The molecule has 1 aliphatic carbocycles. The third kappa shape index (κ3) is 2.55. The van der Waals surface area contributed by atoms with Gasteiger partial charge < -0.3 is 10.5 Å². The van der Waals surface area contributed by atoms with Crippen LogP contribution in [0.5, 0.6) is 0 Å². The largest absolute Gasteiger partial charge is 0.399 e. The van der Waals surface area contributed by atoms with E-state index in [1.807, 2.05) is 13.8 Å². The van der Waals surface area contributed by atoms with E-state index >= 15 is 0 Å². The van der Waals surface area contributed by atoms with Crippen molar-refractivity contribution in [3.63, 3.8) is 0 Å². The summed E-state index contributed by atoms with van der Waals surface area (Å²) in [4.78, 5) is 0.281. The smallest absolute Gasteiger partial charge is 0.241 e. The fraction of sp³-hybridized carbons (Fsp3) is 0.571. The molecule has 1 fully saturated rings. The number of nitrogen functional groups attached to an aromatic ring is 1. The topological polar surface area (TPSA) is 81.4 Å². The highest BCUT2D eigenvalue weighted by Gasteiger charge is 2.50. The molecule has 5 nitrogen and oxygen atoms in total. The Morgan fingerprint density at radius 2 is 2.05 bits per heavy atom. The van der Waals surface area contributed by atoms with Gasteiger partial charge in [0.2, 0.25) is 10.0 Å². The van der Waals surface area contributed by atoms with Crippen LogP contribution in [0.2, 0.25) is 0 Å². The van der Waals surface area contributed by atoms with Crippen molar-refractivity contribution < 1.29 is 13.2 Å². The summed E-state index contributed by atoms with van der Waals surface area (Å²) in [7, 11) is -1.88. The second-order valence-electron chi connectivity index (χ2n) is 5.98. The van der Waals surface area contributed by atoms with Gasteiger partial charge in [0, 0.05) is 24.3 Å². The molecule has 1 saturated carbocycles. The Labute approximate surface area is 120 Å². The minimum Gasteiger partial charge on any atom is -0.399 e. The molecule has 0 amide bonds. The zero-order valence-electron chi connectivity index (χ0n) is 12.3. The number of nitrogens with one attached hydrogen (secondary N) is 1. The lowest BCUT2D eigenvalue weighted by molar-refractivity contribution is -0.0908. The maximum absolute atomic E-state index is 12.5. The average Bonchev–Trinajstić information content (AvgIpc) is 2.33. The molecule has 0 spiro atoms. The van der Waals surface area contributed by atoms with Gasteiger partial charge in [0.25, 0.3) is 0 Å². The van der Waals surface area contributed by atoms with Gasteiger partial charge in [0.05, 0.1) is 11.0 Å². The lowest BCUT2D eigenvalue weighted by Gasteiger charge is -2.51. The molecule has 6 heteroatoms. The number of rotatable bonds is 4. The molecule has 0 radical (unpaired) electrons. The maximum atomic E-state index is 12.5. The summed E-state index contributed by atoms with van der Waals surface area (Å²) in [5.74, 6) is 0.